The summed E-state index contributed by atoms with van der Waals surface area (Å²) in [6, 6.07) is 7.59. The number of fused-ring (bicyclic) bond motifs is 2. The summed E-state index contributed by atoms with van der Waals surface area (Å²) in [7, 11) is 0. The van der Waals surface area contributed by atoms with Crippen molar-refractivity contribution in [1.82, 2.24) is 4.98 Å². The lowest BCUT2D eigenvalue weighted by Gasteiger charge is -2.06. The number of carboxylic acid groups (broad SMARTS) is 1. The van der Waals surface area contributed by atoms with Gasteiger partial charge in [-0.15, -0.1) is 0 Å². The van der Waals surface area contributed by atoms with Crippen LogP contribution in [0, 0.1) is 0 Å². The fourth-order valence-corrected chi connectivity index (χ4v) is 2.02. The molecule has 19 heavy (non-hydrogen) atoms. The van der Waals surface area contributed by atoms with Crippen LogP contribution in [0.5, 0.6) is 5.75 Å². The SMILES string of the molecule is O=C(O)c1ccc2c(c1)C(=O)c1cccnc1CO2. The Morgan fingerprint density at radius 1 is 1.26 bits per heavy atom. The molecule has 1 aliphatic heterocycles. The van der Waals surface area contributed by atoms with E-state index in [9.17, 15) is 9.59 Å². The first kappa shape index (κ1) is 11.4. The molecule has 2 heterocycles. The molecule has 2 aromatic rings. The van der Waals surface area contributed by atoms with Gasteiger partial charge in [0.15, 0.2) is 5.78 Å². The number of benzene rings is 1. The third-order valence-electron chi connectivity index (χ3n) is 2.97. The molecule has 1 aromatic heterocycles. The highest BCUT2D eigenvalue weighted by Gasteiger charge is 2.23. The summed E-state index contributed by atoms with van der Waals surface area (Å²) in [5.41, 5.74) is 1.32. The summed E-state index contributed by atoms with van der Waals surface area (Å²) < 4.78 is 5.50. The van der Waals surface area contributed by atoms with Crippen molar-refractivity contribution in [3.63, 3.8) is 0 Å². The average Bonchev–Trinajstić information content (AvgIpc) is 2.57. The Labute approximate surface area is 108 Å². The molecule has 0 radical (unpaired) electrons. The molecule has 1 aliphatic rings. The van der Waals surface area contributed by atoms with Crippen LogP contribution in [-0.2, 0) is 6.61 Å². The third-order valence-corrected chi connectivity index (χ3v) is 2.97. The van der Waals surface area contributed by atoms with Crippen molar-refractivity contribution in [3.8, 4) is 5.75 Å². The standard InChI is InChI=1S/C14H9NO4/c16-13-9-2-1-5-15-11(9)7-19-12-4-3-8(14(17)18)6-10(12)13/h1-6H,7H2,(H,17,18). The molecule has 0 spiro atoms. The van der Waals surface area contributed by atoms with Gasteiger partial charge in [-0.05, 0) is 30.3 Å². The lowest BCUT2D eigenvalue weighted by Crippen LogP contribution is -2.05. The Morgan fingerprint density at radius 3 is 2.89 bits per heavy atom. The number of rotatable bonds is 1. The van der Waals surface area contributed by atoms with Crippen LogP contribution in [0.1, 0.15) is 32.0 Å². The zero-order valence-corrected chi connectivity index (χ0v) is 9.79. The smallest absolute Gasteiger partial charge is 0.335 e. The number of carbonyl (C=O) groups is 2. The number of aromatic nitrogens is 1. The minimum Gasteiger partial charge on any atom is -0.486 e. The molecule has 3 rings (SSSR count). The Morgan fingerprint density at radius 2 is 2.11 bits per heavy atom. The monoisotopic (exact) mass is 255 g/mol. The summed E-state index contributed by atoms with van der Waals surface area (Å²) >= 11 is 0. The average molecular weight is 255 g/mol. The number of ether oxygens (including phenoxy) is 1. The number of carboxylic acids is 1. The first-order valence-corrected chi connectivity index (χ1v) is 5.65. The summed E-state index contributed by atoms with van der Waals surface area (Å²) in [5.74, 6) is -0.960. The Hall–Kier alpha value is -2.69. The quantitative estimate of drug-likeness (QED) is 0.842. The summed E-state index contributed by atoms with van der Waals surface area (Å²) in [5, 5.41) is 8.97. The fraction of sp³-hybridized carbons (Fsp3) is 0.0714. The number of hydrogen-bond donors (Lipinski definition) is 1. The van der Waals surface area contributed by atoms with Crippen molar-refractivity contribution in [3.05, 3.63) is 58.9 Å². The Balaban J connectivity index is 2.18. The summed E-state index contributed by atoms with van der Waals surface area (Å²) in [6.45, 7) is 0.196. The van der Waals surface area contributed by atoms with Gasteiger partial charge in [-0.3, -0.25) is 9.78 Å². The first-order chi connectivity index (χ1) is 9.16. The van der Waals surface area contributed by atoms with E-state index in [0.717, 1.165) is 0 Å². The number of ketones is 1. The second kappa shape index (κ2) is 4.20. The normalized spacial score (nSPS) is 12.9. The van der Waals surface area contributed by atoms with E-state index in [4.69, 9.17) is 9.84 Å². The van der Waals surface area contributed by atoms with E-state index in [-0.39, 0.29) is 23.5 Å². The molecule has 0 fully saturated rings. The molecule has 5 nitrogen and oxygen atoms in total. The van der Waals surface area contributed by atoms with Crippen LogP contribution in [0.25, 0.3) is 0 Å². The van der Waals surface area contributed by atoms with Crippen LogP contribution < -0.4 is 4.74 Å². The van der Waals surface area contributed by atoms with Crippen molar-refractivity contribution in [2.75, 3.05) is 0 Å². The van der Waals surface area contributed by atoms with E-state index in [1.807, 2.05) is 0 Å². The number of pyridine rings is 1. The molecule has 0 unspecified atom stereocenters. The molecule has 0 amide bonds. The maximum atomic E-state index is 12.4. The van der Waals surface area contributed by atoms with Gasteiger partial charge in [0.2, 0.25) is 0 Å². The van der Waals surface area contributed by atoms with E-state index in [2.05, 4.69) is 4.98 Å². The van der Waals surface area contributed by atoms with Gasteiger partial charge in [0, 0.05) is 11.8 Å². The van der Waals surface area contributed by atoms with Crippen LogP contribution in [-0.4, -0.2) is 21.8 Å². The number of hydrogen-bond acceptors (Lipinski definition) is 4. The molecule has 0 bridgehead atoms. The van der Waals surface area contributed by atoms with E-state index in [0.29, 0.717) is 17.0 Å². The predicted molar refractivity (Wildman–Crippen MR) is 65.4 cm³/mol. The minimum absolute atomic E-state index is 0.0584. The second-order valence-electron chi connectivity index (χ2n) is 4.13. The lowest BCUT2D eigenvalue weighted by atomic mass is 10.0. The highest BCUT2D eigenvalue weighted by molar-refractivity contribution is 6.12. The molecule has 5 heteroatoms. The molecule has 0 saturated carbocycles. The fourth-order valence-electron chi connectivity index (χ4n) is 2.02. The molecule has 1 aromatic carbocycles. The van der Waals surface area contributed by atoms with E-state index < -0.39 is 5.97 Å². The molecular weight excluding hydrogens is 246 g/mol. The van der Waals surface area contributed by atoms with Crippen molar-refractivity contribution in [2.45, 2.75) is 6.61 Å². The van der Waals surface area contributed by atoms with Crippen molar-refractivity contribution in [2.24, 2.45) is 0 Å². The molecular formula is C14H9NO4. The van der Waals surface area contributed by atoms with E-state index >= 15 is 0 Å². The van der Waals surface area contributed by atoms with Gasteiger partial charge in [0.1, 0.15) is 12.4 Å². The van der Waals surface area contributed by atoms with Gasteiger partial charge in [-0.25, -0.2) is 4.79 Å². The topological polar surface area (TPSA) is 76.5 Å². The maximum absolute atomic E-state index is 12.4. The number of nitrogens with zero attached hydrogens (tertiary/aromatic N) is 1. The largest absolute Gasteiger partial charge is 0.486 e. The highest BCUT2D eigenvalue weighted by Crippen LogP contribution is 2.28. The van der Waals surface area contributed by atoms with Crippen molar-refractivity contribution in [1.29, 1.82) is 0 Å². The first-order valence-electron chi connectivity index (χ1n) is 5.65. The van der Waals surface area contributed by atoms with Gasteiger partial charge < -0.3 is 9.84 Å². The Bertz CT molecular complexity index is 694. The van der Waals surface area contributed by atoms with Crippen LogP contribution in [0.2, 0.25) is 0 Å². The van der Waals surface area contributed by atoms with Crippen molar-refractivity contribution >= 4 is 11.8 Å². The van der Waals surface area contributed by atoms with Crippen LogP contribution >= 0.6 is 0 Å². The molecule has 94 valence electrons. The number of aromatic carboxylic acids is 1. The highest BCUT2D eigenvalue weighted by atomic mass is 16.5. The number of carbonyl (C=O) groups excluding carboxylic acids is 1. The second-order valence-corrected chi connectivity index (χ2v) is 4.13. The van der Waals surface area contributed by atoms with Crippen molar-refractivity contribution < 1.29 is 19.4 Å². The zero-order valence-electron chi connectivity index (χ0n) is 9.79. The van der Waals surface area contributed by atoms with E-state index in [1.54, 1.807) is 18.3 Å². The predicted octanol–water partition coefficient (Wildman–Crippen LogP) is 1.90. The Kier molecular flexibility index (Phi) is 2.52. The molecule has 1 N–H and O–H groups in total. The van der Waals surface area contributed by atoms with Gasteiger partial charge in [-0.1, -0.05) is 0 Å². The molecule has 0 saturated heterocycles. The van der Waals surface area contributed by atoms with Crippen LogP contribution in [0.3, 0.4) is 0 Å². The third kappa shape index (κ3) is 1.85. The molecule has 0 atom stereocenters. The van der Waals surface area contributed by atoms with Gasteiger partial charge in [0.05, 0.1) is 16.8 Å². The van der Waals surface area contributed by atoms with Gasteiger partial charge in [-0.2, -0.15) is 0 Å². The van der Waals surface area contributed by atoms with E-state index in [1.165, 1.54) is 18.2 Å². The maximum Gasteiger partial charge on any atom is 0.335 e. The molecule has 0 aliphatic carbocycles. The summed E-state index contributed by atoms with van der Waals surface area (Å²) in [4.78, 5) is 27.5. The van der Waals surface area contributed by atoms with Gasteiger partial charge >= 0.3 is 5.97 Å². The van der Waals surface area contributed by atoms with Crippen LogP contribution in [0.15, 0.2) is 36.5 Å². The lowest BCUT2D eigenvalue weighted by molar-refractivity contribution is 0.0697. The van der Waals surface area contributed by atoms with Crippen LogP contribution in [0.4, 0.5) is 0 Å². The summed E-state index contributed by atoms with van der Waals surface area (Å²) in [6.07, 6.45) is 1.59. The minimum atomic E-state index is -1.08. The zero-order chi connectivity index (χ0) is 13.4. The van der Waals surface area contributed by atoms with Gasteiger partial charge in [0.25, 0.3) is 0 Å².